The fraction of sp³-hybridized carbons (Fsp3) is 0.867. The molecule has 5 nitrogen and oxygen atoms in total. The largest absolute Gasteiger partial charge is 0.462 e. The first-order chi connectivity index (χ1) is 24.6. The van der Waals surface area contributed by atoms with Crippen LogP contribution in [-0.4, -0.2) is 36.4 Å². The predicted octanol–water partition coefficient (Wildman–Crippen LogP) is 13.8. The maximum absolute atomic E-state index is 12.2. The molecule has 50 heavy (non-hydrogen) atoms. The lowest BCUT2D eigenvalue weighted by atomic mass is 10.0. The fourth-order valence-electron chi connectivity index (χ4n) is 6.41. The van der Waals surface area contributed by atoms with Gasteiger partial charge in [0.1, 0.15) is 6.61 Å². The summed E-state index contributed by atoms with van der Waals surface area (Å²) in [5, 5.41) is 9.56. The highest BCUT2D eigenvalue weighted by molar-refractivity contribution is 5.70. The monoisotopic (exact) mass is 705 g/mol. The summed E-state index contributed by atoms with van der Waals surface area (Å²) >= 11 is 0. The van der Waals surface area contributed by atoms with Crippen LogP contribution >= 0.6 is 0 Å². The number of hydrogen-bond acceptors (Lipinski definition) is 5. The predicted molar refractivity (Wildman–Crippen MR) is 215 cm³/mol. The number of esters is 2. The summed E-state index contributed by atoms with van der Waals surface area (Å²) in [5.41, 5.74) is 0. The van der Waals surface area contributed by atoms with Gasteiger partial charge in [-0.15, -0.1) is 0 Å². The van der Waals surface area contributed by atoms with Gasteiger partial charge in [0.05, 0.1) is 6.61 Å². The van der Waals surface area contributed by atoms with Gasteiger partial charge in [-0.25, -0.2) is 0 Å². The van der Waals surface area contributed by atoms with Crippen molar-refractivity contribution in [1.29, 1.82) is 0 Å². The topological polar surface area (TPSA) is 72.8 Å². The molecule has 1 unspecified atom stereocenters. The number of aliphatic hydroxyl groups excluding tert-OH is 1. The van der Waals surface area contributed by atoms with E-state index in [9.17, 15) is 14.7 Å². The van der Waals surface area contributed by atoms with Crippen LogP contribution < -0.4 is 0 Å². The van der Waals surface area contributed by atoms with Gasteiger partial charge in [0, 0.05) is 12.8 Å². The first-order valence-electron chi connectivity index (χ1n) is 21.9. The Bertz CT molecular complexity index is 761. The molecule has 0 radical (unpaired) electrons. The van der Waals surface area contributed by atoms with Crippen molar-refractivity contribution in [2.75, 3.05) is 13.2 Å². The third-order valence-corrected chi connectivity index (χ3v) is 9.75. The highest BCUT2D eigenvalue weighted by Gasteiger charge is 2.16. The van der Waals surface area contributed by atoms with Crippen LogP contribution in [0.3, 0.4) is 0 Å². The van der Waals surface area contributed by atoms with Crippen LogP contribution in [0.1, 0.15) is 232 Å². The van der Waals surface area contributed by atoms with Crippen LogP contribution in [0.5, 0.6) is 0 Å². The van der Waals surface area contributed by atoms with Gasteiger partial charge in [-0.05, 0) is 44.9 Å². The van der Waals surface area contributed by atoms with Crippen LogP contribution in [0.25, 0.3) is 0 Å². The number of carbonyl (C=O) groups excluding carboxylic acids is 2. The van der Waals surface area contributed by atoms with Gasteiger partial charge in [0.2, 0.25) is 0 Å². The minimum atomic E-state index is -0.766. The van der Waals surface area contributed by atoms with Crippen molar-refractivity contribution in [2.45, 2.75) is 238 Å². The number of carbonyl (C=O) groups is 2. The van der Waals surface area contributed by atoms with E-state index in [1.165, 1.54) is 161 Å². The quantitative estimate of drug-likeness (QED) is 0.0390. The van der Waals surface area contributed by atoms with E-state index in [1.54, 1.807) is 0 Å². The number of rotatable bonds is 40. The number of aliphatic hydroxyl groups is 1. The van der Waals surface area contributed by atoms with Gasteiger partial charge >= 0.3 is 11.9 Å². The summed E-state index contributed by atoms with van der Waals surface area (Å²) in [5.74, 6) is -0.583. The summed E-state index contributed by atoms with van der Waals surface area (Å²) in [6.07, 6.45) is 49.7. The molecule has 0 aliphatic carbocycles. The second-order valence-electron chi connectivity index (χ2n) is 14.8. The van der Waals surface area contributed by atoms with Crippen molar-refractivity contribution < 1.29 is 24.2 Å². The molecule has 0 aromatic carbocycles. The lowest BCUT2D eigenvalue weighted by Gasteiger charge is -2.15. The first-order valence-corrected chi connectivity index (χ1v) is 21.9. The van der Waals surface area contributed by atoms with Crippen molar-refractivity contribution in [3.05, 3.63) is 24.3 Å². The Balaban J connectivity index is 3.47. The molecule has 1 atom stereocenters. The highest BCUT2D eigenvalue weighted by atomic mass is 16.6. The summed E-state index contributed by atoms with van der Waals surface area (Å²) in [7, 11) is 0. The Morgan fingerprint density at radius 3 is 1.18 bits per heavy atom. The van der Waals surface area contributed by atoms with Crippen LogP contribution in [-0.2, 0) is 19.1 Å². The summed E-state index contributed by atoms with van der Waals surface area (Å²) in [6.45, 7) is 4.13. The average Bonchev–Trinajstić information content (AvgIpc) is 3.12. The molecule has 294 valence electrons. The van der Waals surface area contributed by atoms with Gasteiger partial charge in [0.15, 0.2) is 6.10 Å². The Morgan fingerprint density at radius 1 is 0.460 bits per heavy atom. The summed E-state index contributed by atoms with van der Waals surface area (Å²) in [4.78, 5) is 24.2. The van der Waals surface area contributed by atoms with E-state index >= 15 is 0 Å². The number of unbranched alkanes of at least 4 members (excludes halogenated alkanes) is 28. The van der Waals surface area contributed by atoms with E-state index in [0.29, 0.717) is 12.8 Å². The fourth-order valence-corrected chi connectivity index (χ4v) is 6.41. The summed E-state index contributed by atoms with van der Waals surface area (Å²) < 4.78 is 10.6. The Labute approximate surface area is 311 Å². The van der Waals surface area contributed by atoms with Gasteiger partial charge < -0.3 is 14.6 Å². The van der Waals surface area contributed by atoms with Crippen LogP contribution in [0, 0.1) is 0 Å². The molecule has 0 amide bonds. The molecule has 0 aromatic heterocycles. The molecular formula is C45H84O5. The molecule has 0 bridgehead atoms. The third kappa shape index (κ3) is 39.2. The average molecular weight is 705 g/mol. The molecule has 1 N–H and O–H groups in total. The molecule has 0 rings (SSSR count). The van der Waals surface area contributed by atoms with Crippen molar-refractivity contribution >= 4 is 11.9 Å². The molecule has 5 heteroatoms. The SMILES string of the molecule is CCCCCCC/C=C\C/C=C\CCCCCCCCCCCCCCCC(=O)OC(CO)COC(=O)CCCCCCCCCCCCC. The van der Waals surface area contributed by atoms with Gasteiger partial charge in [-0.2, -0.15) is 0 Å². The van der Waals surface area contributed by atoms with Crippen LogP contribution in [0.2, 0.25) is 0 Å². The van der Waals surface area contributed by atoms with E-state index in [2.05, 4.69) is 38.2 Å². The van der Waals surface area contributed by atoms with E-state index in [0.717, 1.165) is 44.9 Å². The second-order valence-corrected chi connectivity index (χ2v) is 14.8. The molecule has 0 spiro atoms. The van der Waals surface area contributed by atoms with Crippen molar-refractivity contribution in [1.82, 2.24) is 0 Å². The lowest BCUT2D eigenvalue weighted by Crippen LogP contribution is -2.28. The molecule has 0 aliphatic rings. The molecule has 0 saturated carbocycles. The maximum atomic E-state index is 12.2. The number of ether oxygens (including phenoxy) is 2. The number of hydrogen-bond donors (Lipinski definition) is 1. The minimum Gasteiger partial charge on any atom is -0.462 e. The standard InChI is InChI=1S/C45H84O5/c1-3-5-7-9-11-13-15-16-17-18-19-20-21-22-23-24-25-26-27-28-30-32-34-36-38-40-45(48)50-43(41-46)42-49-44(47)39-37-35-33-31-29-14-12-10-8-6-4-2/h15-16,18-19,43,46H,3-14,17,20-42H2,1-2H3/b16-15-,19-18-. The zero-order chi connectivity index (χ0) is 36.4. The first kappa shape index (κ1) is 48.4. The summed E-state index contributed by atoms with van der Waals surface area (Å²) in [6, 6.07) is 0. The minimum absolute atomic E-state index is 0.0612. The van der Waals surface area contributed by atoms with Crippen molar-refractivity contribution in [3.8, 4) is 0 Å². The Kier molecular flexibility index (Phi) is 40.4. The smallest absolute Gasteiger partial charge is 0.306 e. The molecule has 0 fully saturated rings. The zero-order valence-electron chi connectivity index (χ0n) is 33.4. The molecular weight excluding hydrogens is 620 g/mol. The number of allylic oxidation sites excluding steroid dienone is 4. The van der Waals surface area contributed by atoms with Crippen LogP contribution in [0.4, 0.5) is 0 Å². The van der Waals surface area contributed by atoms with Gasteiger partial charge in [0.25, 0.3) is 0 Å². The zero-order valence-corrected chi connectivity index (χ0v) is 33.4. The highest BCUT2D eigenvalue weighted by Crippen LogP contribution is 2.15. The van der Waals surface area contributed by atoms with Crippen LogP contribution in [0.15, 0.2) is 24.3 Å². The van der Waals surface area contributed by atoms with E-state index in [1.807, 2.05) is 0 Å². The van der Waals surface area contributed by atoms with E-state index < -0.39 is 6.10 Å². The lowest BCUT2D eigenvalue weighted by molar-refractivity contribution is -0.161. The second kappa shape index (κ2) is 41.8. The van der Waals surface area contributed by atoms with Crippen molar-refractivity contribution in [2.24, 2.45) is 0 Å². The Morgan fingerprint density at radius 2 is 0.800 bits per heavy atom. The van der Waals surface area contributed by atoms with E-state index in [-0.39, 0.29) is 25.2 Å². The third-order valence-electron chi connectivity index (χ3n) is 9.75. The van der Waals surface area contributed by atoms with Crippen molar-refractivity contribution in [3.63, 3.8) is 0 Å². The maximum Gasteiger partial charge on any atom is 0.306 e. The van der Waals surface area contributed by atoms with E-state index in [4.69, 9.17) is 9.47 Å². The molecule has 0 aliphatic heterocycles. The molecule has 0 saturated heterocycles. The normalized spacial score (nSPS) is 12.3. The molecule has 0 heterocycles. The van der Waals surface area contributed by atoms with Gasteiger partial charge in [-0.1, -0.05) is 199 Å². The van der Waals surface area contributed by atoms with Gasteiger partial charge in [-0.3, -0.25) is 9.59 Å². The molecule has 0 aromatic rings. The Hall–Kier alpha value is -1.62.